The number of hydrogen-bond donors (Lipinski definition) is 2. The average molecular weight is 401 g/mol. The van der Waals surface area contributed by atoms with Gasteiger partial charge in [0, 0.05) is 45.7 Å². The summed E-state index contributed by atoms with van der Waals surface area (Å²) in [4.78, 5) is 12.1. The van der Waals surface area contributed by atoms with Crippen molar-refractivity contribution in [1.29, 1.82) is 0 Å². The normalized spacial score (nSPS) is 10.7. The topological polar surface area (TPSA) is 49.3 Å². The first-order chi connectivity index (χ1) is 11.0. The van der Waals surface area contributed by atoms with Gasteiger partial charge in [-0.2, -0.15) is 23.8 Å². The van der Waals surface area contributed by atoms with E-state index < -0.39 is 0 Å². The zero-order chi connectivity index (χ0) is 17.2. The number of carbonyl (C=O) groups is 1. The molecule has 127 valence electrons. The van der Waals surface area contributed by atoms with Crippen LogP contribution in [0.25, 0.3) is 0 Å². The summed E-state index contributed by atoms with van der Waals surface area (Å²) >= 11 is 0. The van der Waals surface area contributed by atoms with Gasteiger partial charge in [0.2, 0.25) is 5.91 Å². The van der Waals surface area contributed by atoms with Crippen molar-refractivity contribution >= 4 is 11.6 Å². The van der Waals surface area contributed by atoms with Crippen molar-refractivity contribution < 1.29 is 42.6 Å². The number of anilines is 1. The van der Waals surface area contributed by atoms with Gasteiger partial charge in [-0.1, -0.05) is 49.4 Å². The van der Waals surface area contributed by atoms with E-state index in [1.54, 1.807) is 0 Å². The molecule has 0 aliphatic rings. The van der Waals surface area contributed by atoms with E-state index in [2.05, 4.69) is 42.6 Å². The molecule has 2 aromatic rings. The molecular formula is C20H26NO2Y-. The Kier molecular flexibility index (Phi) is 11.8. The van der Waals surface area contributed by atoms with Gasteiger partial charge in [-0.3, -0.25) is 4.79 Å². The molecular weight excluding hydrogens is 375 g/mol. The SMILES string of the molecule is CO.Cc1[c-]cc(NC(=O)C(C)CCc2ccc(C)cc2)cc1.[Y]. The van der Waals surface area contributed by atoms with Gasteiger partial charge >= 0.3 is 0 Å². The van der Waals surface area contributed by atoms with E-state index in [1.807, 2.05) is 32.0 Å². The molecule has 0 saturated carbocycles. The standard InChI is InChI=1S/C19H22NO.CH4O.Y/c1-14-4-9-17(10-5-14)11-8-16(3)19(21)20-18-12-6-15(2)7-13-18;1-2;/h4-6,9-10,12-13,16H,8,11H2,1-3H3,(H,20,21);2H,1H3;/q-1;;. The Morgan fingerprint density at radius 3 is 2.29 bits per heavy atom. The summed E-state index contributed by atoms with van der Waals surface area (Å²) in [7, 11) is 1.00. The molecule has 1 amide bonds. The van der Waals surface area contributed by atoms with Crippen molar-refractivity contribution in [3.8, 4) is 0 Å². The summed E-state index contributed by atoms with van der Waals surface area (Å²) in [6, 6.07) is 17.3. The molecule has 0 bridgehead atoms. The largest absolute Gasteiger partial charge is 0.400 e. The first-order valence-corrected chi connectivity index (χ1v) is 7.84. The van der Waals surface area contributed by atoms with Gasteiger partial charge in [0.15, 0.2) is 0 Å². The minimum atomic E-state index is -0.00685. The molecule has 0 aromatic heterocycles. The molecule has 0 saturated heterocycles. The van der Waals surface area contributed by atoms with Crippen LogP contribution in [0.4, 0.5) is 5.69 Å². The van der Waals surface area contributed by atoms with Gasteiger partial charge in [-0.25, -0.2) is 0 Å². The zero-order valence-electron chi connectivity index (χ0n) is 15.0. The van der Waals surface area contributed by atoms with Crippen LogP contribution >= 0.6 is 0 Å². The van der Waals surface area contributed by atoms with E-state index in [-0.39, 0.29) is 44.5 Å². The fourth-order valence-electron chi connectivity index (χ4n) is 2.11. The Bertz CT molecular complexity index is 594. The van der Waals surface area contributed by atoms with Gasteiger partial charge in [0.05, 0.1) is 0 Å². The number of carbonyl (C=O) groups excluding carboxylic acids is 1. The van der Waals surface area contributed by atoms with Crippen molar-refractivity contribution in [3.63, 3.8) is 0 Å². The van der Waals surface area contributed by atoms with Gasteiger partial charge in [0.25, 0.3) is 0 Å². The van der Waals surface area contributed by atoms with Crippen LogP contribution in [-0.4, -0.2) is 18.1 Å². The number of nitrogens with one attached hydrogen (secondary N) is 1. The molecule has 0 aliphatic heterocycles. The van der Waals surface area contributed by atoms with E-state index >= 15 is 0 Å². The smallest absolute Gasteiger partial charge is 0.216 e. The minimum absolute atomic E-state index is 0. The Morgan fingerprint density at radius 2 is 1.75 bits per heavy atom. The fourth-order valence-corrected chi connectivity index (χ4v) is 2.11. The molecule has 0 heterocycles. The van der Waals surface area contributed by atoms with Crippen LogP contribution in [0.5, 0.6) is 0 Å². The van der Waals surface area contributed by atoms with E-state index in [9.17, 15) is 4.79 Å². The third-order valence-corrected chi connectivity index (χ3v) is 3.67. The first kappa shape index (κ1) is 23.0. The number of benzene rings is 2. The monoisotopic (exact) mass is 401 g/mol. The van der Waals surface area contributed by atoms with Crippen LogP contribution in [0.15, 0.2) is 42.5 Å². The van der Waals surface area contributed by atoms with Crippen LogP contribution in [0.3, 0.4) is 0 Å². The number of hydrogen-bond acceptors (Lipinski definition) is 2. The van der Waals surface area contributed by atoms with Crippen LogP contribution in [0.2, 0.25) is 0 Å². The maximum Gasteiger partial charge on any atom is 0.216 e. The van der Waals surface area contributed by atoms with Crippen LogP contribution < -0.4 is 5.32 Å². The van der Waals surface area contributed by atoms with Crippen molar-refractivity contribution in [2.24, 2.45) is 5.92 Å². The van der Waals surface area contributed by atoms with Gasteiger partial charge in [-0.15, -0.1) is 6.07 Å². The zero-order valence-corrected chi connectivity index (χ0v) is 17.8. The predicted octanol–water partition coefficient (Wildman–Crippen LogP) is 3.92. The quantitative estimate of drug-likeness (QED) is 0.747. The second-order valence-corrected chi connectivity index (χ2v) is 5.67. The summed E-state index contributed by atoms with van der Waals surface area (Å²) in [5.74, 6) is 0.0620. The molecule has 3 nitrogen and oxygen atoms in total. The third-order valence-electron chi connectivity index (χ3n) is 3.67. The number of aryl methyl sites for hydroxylation is 3. The van der Waals surface area contributed by atoms with Gasteiger partial charge in [-0.05, 0) is 25.3 Å². The summed E-state index contributed by atoms with van der Waals surface area (Å²) in [6.07, 6.45) is 1.78. The Hall–Kier alpha value is -1.03. The molecule has 0 spiro atoms. The first-order valence-electron chi connectivity index (χ1n) is 7.84. The molecule has 0 fully saturated rings. The van der Waals surface area contributed by atoms with Crippen molar-refractivity contribution in [2.45, 2.75) is 33.6 Å². The van der Waals surface area contributed by atoms with Gasteiger partial charge in [0.1, 0.15) is 0 Å². The summed E-state index contributed by atoms with van der Waals surface area (Å²) in [5.41, 5.74) is 4.43. The molecule has 0 aliphatic carbocycles. The summed E-state index contributed by atoms with van der Waals surface area (Å²) in [5, 5.41) is 9.94. The summed E-state index contributed by atoms with van der Waals surface area (Å²) in [6.45, 7) is 6.04. The molecule has 2 rings (SSSR count). The molecule has 2 N–H and O–H groups in total. The second-order valence-electron chi connectivity index (χ2n) is 5.67. The van der Waals surface area contributed by atoms with E-state index in [0.29, 0.717) is 0 Å². The molecule has 24 heavy (non-hydrogen) atoms. The van der Waals surface area contributed by atoms with Crippen molar-refractivity contribution in [2.75, 3.05) is 12.4 Å². The molecule has 1 unspecified atom stereocenters. The van der Waals surface area contributed by atoms with Crippen LogP contribution in [0.1, 0.15) is 30.0 Å². The predicted molar refractivity (Wildman–Crippen MR) is 95.5 cm³/mol. The van der Waals surface area contributed by atoms with E-state index in [4.69, 9.17) is 5.11 Å². The third kappa shape index (κ3) is 8.18. The molecule has 2 aromatic carbocycles. The van der Waals surface area contributed by atoms with Crippen molar-refractivity contribution in [1.82, 2.24) is 0 Å². The molecule has 1 radical (unpaired) electrons. The Morgan fingerprint density at radius 1 is 1.12 bits per heavy atom. The van der Waals surface area contributed by atoms with Gasteiger partial charge < -0.3 is 10.4 Å². The Balaban J connectivity index is 0.00000170. The fraction of sp³-hybridized carbons (Fsp3) is 0.350. The maximum atomic E-state index is 12.1. The van der Waals surface area contributed by atoms with Crippen LogP contribution in [0, 0.1) is 25.8 Å². The maximum absolute atomic E-state index is 12.1. The molecule has 4 heteroatoms. The number of aliphatic hydroxyl groups is 1. The second kappa shape index (κ2) is 12.4. The van der Waals surface area contributed by atoms with Crippen molar-refractivity contribution in [3.05, 3.63) is 65.2 Å². The van der Waals surface area contributed by atoms with Crippen LogP contribution in [-0.2, 0) is 43.9 Å². The number of rotatable bonds is 5. The minimum Gasteiger partial charge on any atom is -0.400 e. The number of amides is 1. The van der Waals surface area contributed by atoms with E-state index in [0.717, 1.165) is 31.2 Å². The number of aliphatic hydroxyl groups excluding tert-OH is 1. The molecule has 1 atom stereocenters. The van der Waals surface area contributed by atoms with E-state index in [1.165, 1.54) is 11.1 Å². The Labute approximate surface area is 170 Å². The average Bonchev–Trinajstić information content (AvgIpc) is 2.58. The summed E-state index contributed by atoms with van der Waals surface area (Å²) < 4.78 is 0.